The molecule has 20 nitrogen and oxygen atoms in total. The van der Waals surface area contributed by atoms with Crippen LogP contribution in [0.15, 0.2) is 109 Å². The first-order valence-electron chi connectivity index (χ1n) is 14.4. The van der Waals surface area contributed by atoms with Crippen molar-refractivity contribution in [3.63, 3.8) is 0 Å². The van der Waals surface area contributed by atoms with E-state index in [1.807, 2.05) is 0 Å². The third kappa shape index (κ3) is 12.3. The Labute approximate surface area is 405 Å². The van der Waals surface area contributed by atoms with Crippen molar-refractivity contribution in [1.29, 1.82) is 0 Å². The SMILES string of the molecule is O=C1C(=NNc2ccc3c(c2)C(=O)/C(=N\Nc2ccccc2C(=O)O)C(S(=O)(=O)O)=C3)C=CC(/C=C\c2ccc([N+](=O)[O-])cc2S(=O)(=O)O)=C1S(=O)(=O)O.[Cu].[Na+].[Na+].[Na+]. The number of para-hydroxylation sites is 1. The van der Waals surface area contributed by atoms with Crippen LogP contribution in [0.1, 0.15) is 31.8 Å². The zero-order valence-corrected chi connectivity index (χ0v) is 39.2. The second-order valence-electron chi connectivity index (χ2n) is 10.9. The first-order chi connectivity index (χ1) is 25.2. The fourth-order valence-corrected chi connectivity index (χ4v) is 7.07. The van der Waals surface area contributed by atoms with Crippen LogP contribution in [0.3, 0.4) is 0 Å². The molecule has 0 saturated carbocycles. The molecule has 3 aromatic carbocycles. The summed E-state index contributed by atoms with van der Waals surface area (Å²) in [6, 6.07) is 11.4. The second-order valence-corrected chi connectivity index (χ2v) is 15.0. The van der Waals surface area contributed by atoms with Gasteiger partial charge in [-0.3, -0.25) is 44.2 Å². The Morgan fingerprint density at radius 1 is 0.776 bits per heavy atom. The molecule has 0 aromatic heterocycles. The van der Waals surface area contributed by atoms with E-state index in [2.05, 4.69) is 21.1 Å². The zero-order valence-electron chi connectivity index (χ0n) is 29.8. The molecule has 0 aliphatic heterocycles. The molecule has 0 spiro atoms. The molecule has 0 heterocycles. The summed E-state index contributed by atoms with van der Waals surface area (Å²) >= 11 is 0. The third-order valence-electron chi connectivity index (χ3n) is 7.37. The molecule has 1 radical (unpaired) electrons. The van der Waals surface area contributed by atoms with E-state index < -0.39 is 90.2 Å². The molecule has 0 atom stereocenters. The number of aromatic carboxylic acids is 1. The van der Waals surface area contributed by atoms with Crippen molar-refractivity contribution in [2.45, 2.75) is 4.90 Å². The maximum absolute atomic E-state index is 13.5. The molecule has 2 aliphatic rings. The second kappa shape index (κ2) is 21.0. The van der Waals surface area contributed by atoms with Crippen molar-refractivity contribution >= 4 is 88.5 Å². The molecule has 27 heteroatoms. The standard InChI is InChI=1S/C31H21N5O15S3.Cu.3Na/c37-28-22-14-19(10-7-18(22)13-26(53(46,47)48)27(28)35-33-23-4-2-1-3-21(23)31(39)40)32-34-24-12-9-17(30(29(24)38)54(49,50)51)6-5-16-8-11-20(36(41)42)15-25(16)52(43,44)45;;;;/h1-15,32-33H,(H,39,40)(H,43,44,45)(H,46,47,48)(H,49,50,51);;;;/q;;3*+1/b6-5-,34-24?,35-27-;;;;. The molecule has 2 aliphatic carbocycles. The number of benzene rings is 3. The number of rotatable bonds is 11. The molecule has 0 fully saturated rings. The number of carbonyl (C=O) groups excluding carboxylic acids is 2. The first-order valence-corrected chi connectivity index (χ1v) is 18.8. The number of nitrogens with zero attached hydrogens (tertiary/aromatic N) is 3. The van der Waals surface area contributed by atoms with Crippen molar-refractivity contribution in [2.75, 3.05) is 10.9 Å². The normalized spacial score (nSPS) is 15.3. The van der Waals surface area contributed by atoms with Crippen molar-refractivity contribution < 1.29 is 169 Å². The van der Waals surface area contributed by atoms with E-state index in [1.54, 1.807) is 0 Å². The summed E-state index contributed by atoms with van der Waals surface area (Å²) in [4.78, 5) is 45.4. The van der Waals surface area contributed by atoms with Crippen LogP contribution >= 0.6 is 0 Å². The molecule has 0 bridgehead atoms. The number of allylic oxidation sites excluding steroid dienone is 6. The Kier molecular flexibility index (Phi) is 19.2. The minimum absolute atomic E-state index is 0. The Bertz CT molecular complexity index is 2750. The molecule has 58 heavy (non-hydrogen) atoms. The van der Waals surface area contributed by atoms with Crippen LogP contribution < -0.4 is 99.5 Å². The molecule has 3 aromatic rings. The minimum Gasteiger partial charge on any atom is -0.478 e. The van der Waals surface area contributed by atoms with Gasteiger partial charge in [0.15, 0.2) is 10.6 Å². The fourth-order valence-electron chi connectivity index (χ4n) is 4.94. The van der Waals surface area contributed by atoms with E-state index in [9.17, 15) is 68.5 Å². The number of hydrogen-bond donors (Lipinski definition) is 6. The number of anilines is 2. The smallest absolute Gasteiger partial charge is 0.478 e. The summed E-state index contributed by atoms with van der Waals surface area (Å²) < 4.78 is 102. The number of carboxylic acids is 1. The summed E-state index contributed by atoms with van der Waals surface area (Å²) in [6.45, 7) is 0. The summed E-state index contributed by atoms with van der Waals surface area (Å²) in [7, 11) is -15.4. The van der Waals surface area contributed by atoms with Crippen LogP contribution in [-0.4, -0.2) is 77.9 Å². The van der Waals surface area contributed by atoms with Gasteiger partial charge < -0.3 is 5.11 Å². The number of hydrogen-bond acceptors (Lipinski definition) is 15. The molecular weight excluding hydrogens is 911 g/mol. The van der Waals surface area contributed by atoms with Gasteiger partial charge in [0.2, 0.25) is 11.6 Å². The molecule has 0 amide bonds. The number of hydrazone groups is 2. The van der Waals surface area contributed by atoms with Crippen LogP contribution in [-0.2, 0) is 52.2 Å². The number of non-ortho nitro benzene ring substituents is 1. The van der Waals surface area contributed by atoms with E-state index in [1.165, 1.54) is 36.4 Å². The number of Topliss-reactive ketones (excluding diaryl/α,β-unsaturated/α-hetero) is 2. The quantitative estimate of drug-likeness (QED) is 0.0343. The average molecular weight is 932 g/mol. The summed E-state index contributed by atoms with van der Waals surface area (Å²) in [5, 5.41) is 28.1. The van der Waals surface area contributed by atoms with Gasteiger partial charge in [-0.1, -0.05) is 36.4 Å². The number of ketones is 2. The summed E-state index contributed by atoms with van der Waals surface area (Å²) in [5.41, 5.74) is 1.17. The minimum atomic E-state index is -5.29. The van der Waals surface area contributed by atoms with Crippen molar-refractivity contribution in [3.05, 3.63) is 127 Å². The monoisotopic (exact) mass is 931 g/mol. The molecule has 6 N–H and O–H groups in total. The fraction of sp³-hybridized carbons (Fsp3) is 0. The van der Waals surface area contributed by atoms with Crippen molar-refractivity contribution in [1.82, 2.24) is 0 Å². The van der Waals surface area contributed by atoms with Gasteiger partial charge in [-0.15, -0.1) is 0 Å². The maximum atomic E-state index is 13.5. The predicted octanol–water partition coefficient (Wildman–Crippen LogP) is -5.80. The topological polar surface area (TPSA) is 326 Å². The third-order valence-corrected chi connectivity index (χ3v) is 10.1. The number of fused-ring (bicyclic) bond motifs is 1. The van der Waals surface area contributed by atoms with Crippen molar-refractivity contribution in [3.8, 4) is 0 Å². The molecule has 0 unspecified atom stereocenters. The van der Waals surface area contributed by atoms with E-state index in [4.69, 9.17) is 0 Å². The van der Waals surface area contributed by atoms with Gasteiger partial charge in [-0.05, 0) is 59.2 Å². The van der Waals surface area contributed by atoms with Crippen molar-refractivity contribution in [2.24, 2.45) is 10.2 Å². The van der Waals surface area contributed by atoms with Gasteiger partial charge in [0.1, 0.15) is 15.5 Å². The van der Waals surface area contributed by atoms with Crippen LogP contribution in [0.4, 0.5) is 17.1 Å². The predicted molar refractivity (Wildman–Crippen MR) is 190 cm³/mol. The largest absolute Gasteiger partial charge is 1.00 e. The Balaban J connectivity index is 0.00000420. The van der Waals surface area contributed by atoms with Gasteiger partial charge in [0.25, 0.3) is 36.0 Å². The number of nitro benzene ring substituents is 1. The number of carbonyl (C=O) groups is 3. The molecule has 289 valence electrons. The first kappa shape index (κ1) is 53.0. The summed E-state index contributed by atoms with van der Waals surface area (Å²) in [5.74, 6) is -3.78. The number of nitrogens with one attached hydrogen (secondary N) is 2. The van der Waals surface area contributed by atoms with Crippen LogP contribution in [0.5, 0.6) is 0 Å². The zero-order chi connectivity index (χ0) is 39.7. The van der Waals surface area contributed by atoms with Gasteiger partial charge in [-0.2, -0.15) is 35.5 Å². The Hall–Kier alpha value is -2.98. The Morgan fingerprint density at radius 2 is 1.43 bits per heavy atom. The molecular formula is C31H21CuN5Na3O15S3+3. The molecule has 0 saturated heterocycles. The van der Waals surface area contributed by atoms with E-state index in [0.29, 0.717) is 6.07 Å². The van der Waals surface area contributed by atoms with Gasteiger partial charge in [0, 0.05) is 34.8 Å². The maximum Gasteiger partial charge on any atom is 1.00 e. The van der Waals surface area contributed by atoms with Crippen LogP contribution in [0.2, 0.25) is 0 Å². The van der Waals surface area contributed by atoms with Gasteiger partial charge in [-0.25, -0.2) is 4.79 Å². The number of carboxylic acid groups (broad SMARTS) is 1. The van der Waals surface area contributed by atoms with Gasteiger partial charge in [0.05, 0.1) is 21.9 Å². The van der Waals surface area contributed by atoms with E-state index in [-0.39, 0.29) is 139 Å². The van der Waals surface area contributed by atoms with Crippen LogP contribution in [0, 0.1) is 10.1 Å². The van der Waals surface area contributed by atoms with E-state index in [0.717, 1.165) is 48.6 Å². The Morgan fingerprint density at radius 3 is 2.02 bits per heavy atom. The van der Waals surface area contributed by atoms with E-state index >= 15 is 0 Å². The number of nitro groups is 1. The summed E-state index contributed by atoms with van der Waals surface area (Å²) in [6.07, 6.45) is 4.72. The molecule has 5 rings (SSSR count). The van der Waals surface area contributed by atoms with Gasteiger partial charge >= 0.3 is 94.6 Å². The van der Waals surface area contributed by atoms with Crippen LogP contribution in [0.25, 0.3) is 12.2 Å². The average Bonchev–Trinajstić information content (AvgIpc) is 3.08.